The number of benzene rings is 1. The smallest absolute Gasteiger partial charge is 0.227 e. The minimum atomic E-state index is 0.792. The number of thiazole rings is 1. The maximum Gasteiger partial charge on any atom is 0.227 e. The fourth-order valence-electron chi connectivity index (χ4n) is 2.73. The van der Waals surface area contributed by atoms with Gasteiger partial charge >= 0.3 is 0 Å². The van der Waals surface area contributed by atoms with E-state index in [1.807, 2.05) is 19.2 Å². The zero-order valence-electron chi connectivity index (χ0n) is 12.9. The number of rotatable bonds is 3. The van der Waals surface area contributed by atoms with Gasteiger partial charge in [-0.05, 0) is 18.2 Å². The second kappa shape index (κ2) is 6.00. The van der Waals surface area contributed by atoms with Gasteiger partial charge < -0.3 is 15.1 Å². The lowest BCUT2D eigenvalue weighted by Crippen LogP contribution is -2.47. The van der Waals surface area contributed by atoms with E-state index < -0.39 is 0 Å². The van der Waals surface area contributed by atoms with Crippen LogP contribution in [0.25, 0.3) is 10.2 Å². The summed E-state index contributed by atoms with van der Waals surface area (Å²) in [4.78, 5) is 18.2. The number of hydrogen-bond acceptors (Lipinski definition) is 7. The highest BCUT2D eigenvalue weighted by molar-refractivity contribution is 7.22. The molecule has 118 valence electrons. The van der Waals surface area contributed by atoms with Crippen molar-refractivity contribution in [2.45, 2.75) is 0 Å². The van der Waals surface area contributed by atoms with Gasteiger partial charge in [0.1, 0.15) is 5.82 Å². The monoisotopic (exact) mass is 326 g/mol. The van der Waals surface area contributed by atoms with Gasteiger partial charge in [-0.3, -0.25) is 0 Å². The Morgan fingerprint density at radius 3 is 2.57 bits per heavy atom. The molecule has 0 saturated carbocycles. The van der Waals surface area contributed by atoms with Crippen molar-refractivity contribution >= 4 is 38.5 Å². The van der Waals surface area contributed by atoms with Crippen molar-refractivity contribution in [1.82, 2.24) is 15.0 Å². The van der Waals surface area contributed by atoms with Gasteiger partial charge in [0.05, 0.1) is 10.2 Å². The topological polar surface area (TPSA) is 57.2 Å². The van der Waals surface area contributed by atoms with Crippen LogP contribution in [0.1, 0.15) is 0 Å². The number of nitrogens with one attached hydrogen (secondary N) is 1. The van der Waals surface area contributed by atoms with Crippen molar-refractivity contribution in [3.63, 3.8) is 0 Å². The average molecular weight is 326 g/mol. The summed E-state index contributed by atoms with van der Waals surface area (Å²) in [6.07, 6.45) is 1.80. The molecule has 3 heterocycles. The third-order valence-electron chi connectivity index (χ3n) is 4.01. The van der Waals surface area contributed by atoms with E-state index in [1.54, 1.807) is 17.5 Å². The number of nitrogens with zero attached hydrogens (tertiary/aromatic N) is 5. The summed E-state index contributed by atoms with van der Waals surface area (Å²) in [7, 11) is 1.87. The Labute approximate surface area is 138 Å². The lowest BCUT2D eigenvalue weighted by molar-refractivity contribution is 0.639. The molecule has 1 N–H and O–H groups in total. The van der Waals surface area contributed by atoms with E-state index in [-0.39, 0.29) is 0 Å². The van der Waals surface area contributed by atoms with Crippen LogP contribution < -0.4 is 15.1 Å². The molecule has 7 heteroatoms. The van der Waals surface area contributed by atoms with E-state index in [0.29, 0.717) is 0 Å². The second-order valence-corrected chi connectivity index (χ2v) is 6.44. The molecule has 1 saturated heterocycles. The number of piperazine rings is 1. The van der Waals surface area contributed by atoms with Crippen molar-refractivity contribution < 1.29 is 0 Å². The predicted octanol–water partition coefficient (Wildman–Crippen LogP) is 2.45. The average Bonchev–Trinajstić information content (AvgIpc) is 3.06. The summed E-state index contributed by atoms with van der Waals surface area (Å²) in [5.74, 6) is 1.64. The number of fused-ring (bicyclic) bond motifs is 1. The molecule has 4 rings (SSSR count). The lowest BCUT2D eigenvalue weighted by atomic mass is 10.3. The fourth-order valence-corrected chi connectivity index (χ4v) is 3.75. The first-order chi connectivity index (χ1) is 11.3. The molecular formula is C16H18N6S. The number of hydrogen-bond donors (Lipinski definition) is 1. The lowest BCUT2D eigenvalue weighted by Gasteiger charge is -2.34. The molecule has 0 amide bonds. The van der Waals surface area contributed by atoms with Crippen molar-refractivity contribution in [2.75, 3.05) is 48.3 Å². The first kappa shape index (κ1) is 14.2. The molecule has 1 aliphatic rings. The third-order valence-corrected chi connectivity index (χ3v) is 5.11. The van der Waals surface area contributed by atoms with Crippen molar-refractivity contribution in [1.29, 1.82) is 0 Å². The maximum atomic E-state index is 4.75. The van der Waals surface area contributed by atoms with Crippen molar-refractivity contribution in [3.8, 4) is 0 Å². The maximum absolute atomic E-state index is 4.75. The highest BCUT2D eigenvalue weighted by Gasteiger charge is 2.21. The van der Waals surface area contributed by atoms with Crippen LogP contribution in [-0.4, -0.2) is 48.2 Å². The molecule has 1 aliphatic heterocycles. The van der Waals surface area contributed by atoms with Crippen LogP contribution >= 0.6 is 11.3 Å². The molecule has 0 spiro atoms. The molecule has 3 aromatic rings. The summed E-state index contributed by atoms with van der Waals surface area (Å²) in [6, 6.07) is 10.2. The van der Waals surface area contributed by atoms with Crippen molar-refractivity contribution in [3.05, 3.63) is 36.5 Å². The van der Waals surface area contributed by atoms with Gasteiger partial charge in [-0.1, -0.05) is 23.5 Å². The third kappa shape index (κ3) is 2.79. The van der Waals surface area contributed by atoms with E-state index in [2.05, 4.69) is 43.3 Å². The predicted molar refractivity (Wildman–Crippen MR) is 95.6 cm³/mol. The number of anilines is 3. The molecule has 1 aromatic carbocycles. The molecule has 1 fully saturated rings. The molecular weight excluding hydrogens is 308 g/mol. The number of para-hydroxylation sites is 1. The first-order valence-electron chi connectivity index (χ1n) is 7.70. The molecule has 6 nitrogen and oxygen atoms in total. The summed E-state index contributed by atoms with van der Waals surface area (Å²) in [6.45, 7) is 3.69. The fraction of sp³-hybridized carbons (Fsp3) is 0.312. The molecule has 0 aliphatic carbocycles. The van der Waals surface area contributed by atoms with Crippen LogP contribution in [0.5, 0.6) is 0 Å². The van der Waals surface area contributed by atoms with Crippen LogP contribution in [0, 0.1) is 0 Å². The Morgan fingerprint density at radius 2 is 1.78 bits per heavy atom. The van der Waals surface area contributed by atoms with Gasteiger partial charge in [0.15, 0.2) is 5.13 Å². The zero-order chi connectivity index (χ0) is 15.6. The summed E-state index contributed by atoms with van der Waals surface area (Å²) in [5, 5.41) is 4.17. The molecule has 0 unspecified atom stereocenters. The Kier molecular flexibility index (Phi) is 3.70. The molecule has 0 bridgehead atoms. The van der Waals surface area contributed by atoms with Crippen LogP contribution in [-0.2, 0) is 0 Å². The second-order valence-electron chi connectivity index (χ2n) is 5.43. The van der Waals surface area contributed by atoms with E-state index in [1.165, 1.54) is 4.70 Å². The largest absolute Gasteiger partial charge is 0.373 e. The molecule has 23 heavy (non-hydrogen) atoms. The summed E-state index contributed by atoms with van der Waals surface area (Å²) in [5.41, 5.74) is 1.08. The highest BCUT2D eigenvalue weighted by atomic mass is 32.1. The molecule has 0 atom stereocenters. The highest BCUT2D eigenvalue weighted by Crippen LogP contribution is 2.29. The van der Waals surface area contributed by atoms with Gasteiger partial charge in [0.25, 0.3) is 0 Å². The van der Waals surface area contributed by atoms with Gasteiger partial charge in [-0.2, -0.15) is 4.98 Å². The van der Waals surface area contributed by atoms with Gasteiger partial charge in [-0.25, -0.2) is 9.97 Å². The number of aromatic nitrogens is 3. The van der Waals surface area contributed by atoms with Gasteiger partial charge in [0.2, 0.25) is 5.95 Å². The minimum Gasteiger partial charge on any atom is -0.373 e. The molecule has 0 radical (unpaired) electrons. The Balaban J connectivity index is 1.48. The Hall–Kier alpha value is -2.41. The minimum absolute atomic E-state index is 0.792. The van der Waals surface area contributed by atoms with E-state index in [0.717, 1.165) is 48.6 Å². The summed E-state index contributed by atoms with van der Waals surface area (Å²) >= 11 is 1.76. The van der Waals surface area contributed by atoms with E-state index in [9.17, 15) is 0 Å². The van der Waals surface area contributed by atoms with Gasteiger partial charge in [-0.15, -0.1) is 0 Å². The molecule has 2 aromatic heterocycles. The van der Waals surface area contributed by atoms with Crippen LogP contribution in [0.3, 0.4) is 0 Å². The van der Waals surface area contributed by atoms with Crippen molar-refractivity contribution in [2.24, 2.45) is 0 Å². The Morgan fingerprint density at radius 1 is 1.00 bits per heavy atom. The van der Waals surface area contributed by atoms with Crippen LogP contribution in [0.2, 0.25) is 0 Å². The normalized spacial score (nSPS) is 15.2. The van der Waals surface area contributed by atoms with Crippen LogP contribution in [0.4, 0.5) is 16.9 Å². The summed E-state index contributed by atoms with van der Waals surface area (Å²) < 4.78 is 1.25. The zero-order valence-corrected chi connectivity index (χ0v) is 13.8. The van der Waals surface area contributed by atoms with E-state index >= 15 is 0 Å². The van der Waals surface area contributed by atoms with Gasteiger partial charge in [0, 0.05) is 39.4 Å². The quantitative estimate of drug-likeness (QED) is 0.798. The first-order valence-corrected chi connectivity index (χ1v) is 8.51. The Bertz CT molecular complexity index is 776. The van der Waals surface area contributed by atoms with E-state index in [4.69, 9.17) is 4.98 Å². The SMILES string of the molecule is CNc1ccnc(N2CCN(c3nc4ccccc4s3)CC2)n1. The standard InChI is InChI=1S/C16H18N6S/c1-17-14-6-7-18-15(20-14)21-8-10-22(11-9-21)16-19-12-4-2-3-5-13(12)23-16/h2-7H,8-11H2,1H3,(H,17,18,20). The van der Waals surface area contributed by atoms with Crippen LogP contribution in [0.15, 0.2) is 36.5 Å².